The van der Waals surface area contributed by atoms with Gasteiger partial charge >= 0.3 is 0 Å². The summed E-state index contributed by atoms with van der Waals surface area (Å²) in [5, 5.41) is 2.98. The average molecular weight is 331 g/mol. The van der Waals surface area contributed by atoms with Crippen LogP contribution in [-0.2, 0) is 4.74 Å². The number of thiophene rings is 1. The van der Waals surface area contributed by atoms with Crippen molar-refractivity contribution in [1.29, 1.82) is 0 Å². The summed E-state index contributed by atoms with van der Waals surface area (Å²) >= 11 is 1.53. The van der Waals surface area contributed by atoms with Crippen molar-refractivity contribution in [3.05, 3.63) is 40.1 Å². The Morgan fingerprint density at radius 3 is 2.83 bits per heavy atom. The lowest BCUT2D eigenvalue weighted by atomic mass is 10.1. The Bertz CT molecular complexity index is 672. The standard InChI is InChI=1S/C18H21NO3S/c1-12-16(13-5-7-14(21-2)8-6-13)10-17(23-12)18(20)19-11-15-4-3-9-22-15/h5-8,10,15H,3-4,9,11H2,1-2H3,(H,19,20). The number of carbonyl (C=O) groups excluding carboxylic acids is 1. The maximum absolute atomic E-state index is 12.3. The van der Waals surface area contributed by atoms with E-state index in [-0.39, 0.29) is 12.0 Å². The van der Waals surface area contributed by atoms with Crippen LogP contribution in [0.15, 0.2) is 30.3 Å². The van der Waals surface area contributed by atoms with E-state index < -0.39 is 0 Å². The van der Waals surface area contributed by atoms with Gasteiger partial charge in [-0.25, -0.2) is 0 Å². The minimum absolute atomic E-state index is 0.0200. The molecule has 1 amide bonds. The van der Waals surface area contributed by atoms with Gasteiger partial charge in [-0.1, -0.05) is 12.1 Å². The van der Waals surface area contributed by atoms with Crippen LogP contribution in [-0.4, -0.2) is 32.3 Å². The van der Waals surface area contributed by atoms with Crippen LogP contribution in [0.2, 0.25) is 0 Å². The molecule has 2 aromatic rings. The van der Waals surface area contributed by atoms with Crippen LogP contribution in [0, 0.1) is 6.92 Å². The van der Waals surface area contributed by atoms with Gasteiger partial charge < -0.3 is 14.8 Å². The third kappa shape index (κ3) is 3.74. The Balaban J connectivity index is 1.70. The summed E-state index contributed by atoms with van der Waals surface area (Å²) in [6.07, 6.45) is 2.28. The summed E-state index contributed by atoms with van der Waals surface area (Å²) in [5.41, 5.74) is 2.19. The summed E-state index contributed by atoms with van der Waals surface area (Å²) in [6.45, 7) is 3.44. The first kappa shape index (κ1) is 16.0. The Morgan fingerprint density at radius 1 is 1.39 bits per heavy atom. The van der Waals surface area contributed by atoms with Crippen LogP contribution in [0.25, 0.3) is 11.1 Å². The van der Waals surface area contributed by atoms with E-state index in [9.17, 15) is 4.79 Å². The molecule has 0 bridgehead atoms. The molecule has 2 heterocycles. The van der Waals surface area contributed by atoms with E-state index >= 15 is 0 Å². The Labute approximate surface area is 140 Å². The van der Waals surface area contributed by atoms with Crippen LogP contribution in [0.4, 0.5) is 0 Å². The number of hydrogen-bond acceptors (Lipinski definition) is 4. The fourth-order valence-corrected chi connectivity index (χ4v) is 3.71. The number of aryl methyl sites for hydroxylation is 1. The average Bonchev–Trinajstić information content (AvgIpc) is 3.22. The van der Waals surface area contributed by atoms with Crippen molar-refractivity contribution >= 4 is 17.2 Å². The molecule has 5 heteroatoms. The molecule has 122 valence electrons. The summed E-state index contributed by atoms with van der Waals surface area (Å²) in [4.78, 5) is 14.2. The van der Waals surface area contributed by atoms with Gasteiger partial charge in [-0.3, -0.25) is 4.79 Å². The number of amides is 1. The van der Waals surface area contributed by atoms with E-state index in [0.29, 0.717) is 6.54 Å². The molecular weight excluding hydrogens is 310 g/mol. The number of methoxy groups -OCH3 is 1. The van der Waals surface area contributed by atoms with Crippen molar-refractivity contribution in [2.75, 3.05) is 20.3 Å². The van der Waals surface area contributed by atoms with Gasteiger partial charge in [-0.2, -0.15) is 0 Å². The first-order valence-corrected chi connectivity index (χ1v) is 8.63. The molecule has 0 spiro atoms. The molecule has 1 atom stereocenters. The topological polar surface area (TPSA) is 47.6 Å². The summed E-state index contributed by atoms with van der Waals surface area (Å²) < 4.78 is 10.7. The fourth-order valence-electron chi connectivity index (χ4n) is 2.75. The summed E-state index contributed by atoms with van der Waals surface area (Å²) in [5.74, 6) is 0.810. The first-order chi connectivity index (χ1) is 11.2. The van der Waals surface area contributed by atoms with Gasteiger partial charge in [0.25, 0.3) is 5.91 Å². The molecule has 0 saturated carbocycles. The summed E-state index contributed by atoms with van der Waals surface area (Å²) in [7, 11) is 1.65. The molecule has 0 radical (unpaired) electrons. The zero-order valence-electron chi connectivity index (χ0n) is 13.4. The largest absolute Gasteiger partial charge is 0.497 e. The highest BCUT2D eigenvalue weighted by atomic mass is 32.1. The maximum Gasteiger partial charge on any atom is 0.261 e. The smallest absolute Gasteiger partial charge is 0.261 e. The van der Waals surface area contributed by atoms with Crippen molar-refractivity contribution in [2.24, 2.45) is 0 Å². The Kier molecular flexibility index (Phi) is 4.98. The molecule has 1 aliphatic rings. The fraction of sp³-hybridized carbons (Fsp3) is 0.389. The third-order valence-electron chi connectivity index (χ3n) is 4.06. The SMILES string of the molecule is COc1ccc(-c2cc(C(=O)NCC3CCCO3)sc2C)cc1. The summed E-state index contributed by atoms with van der Waals surface area (Å²) in [6, 6.07) is 9.86. The number of rotatable bonds is 5. The molecule has 1 aromatic carbocycles. The minimum Gasteiger partial charge on any atom is -0.497 e. The molecule has 1 unspecified atom stereocenters. The quantitative estimate of drug-likeness (QED) is 0.910. The molecule has 4 nitrogen and oxygen atoms in total. The van der Waals surface area contributed by atoms with Crippen molar-refractivity contribution in [3.8, 4) is 16.9 Å². The normalized spacial score (nSPS) is 17.2. The highest BCUT2D eigenvalue weighted by Crippen LogP contribution is 2.32. The number of nitrogens with one attached hydrogen (secondary N) is 1. The minimum atomic E-state index is -0.0200. The van der Waals surface area contributed by atoms with Crippen molar-refractivity contribution < 1.29 is 14.3 Å². The second-order valence-corrected chi connectivity index (χ2v) is 6.91. The van der Waals surface area contributed by atoms with Crippen LogP contribution < -0.4 is 10.1 Å². The second kappa shape index (κ2) is 7.15. The molecular formula is C18H21NO3S. The molecule has 1 aliphatic heterocycles. The van der Waals surface area contributed by atoms with E-state index in [1.165, 1.54) is 11.3 Å². The first-order valence-electron chi connectivity index (χ1n) is 7.82. The van der Waals surface area contributed by atoms with Crippen molar-refractivity contribution in [2.45, 2.75) is 25.9 Å². The highest BCUT2D eigenvalue weighted by molar-refractivity contribution is 7.14. The molecule has 1 saturated heterocycles. The van der Waals surface area contributed by atoms with Gasteiger partial charge in [-0.05, 0) is 49.1 Å². The van der Waals surface area contributed by atoms with E-state index in [2.05, 4.69) is 5.32 Å². The second-order valence-electron chi connectivity index (χ2n) is 5.65. The van der Waals surface area contributed by atoms with E-state index in [0.717, 1.165) is 46.1 Å². The lowest BCUT2D eigenvalue weighted by Gasteiger charge is -2.09. The van der Waals surface area contributed by atoms with Gasteiger partial charge in [0, 0.05) is 18.0 Å². The number of hydrogen-bond donors (Lipinski definition) is 1. The van der Waals surface area contributed by atoms with Crippen LogP contribution in [0.1, 0.15) is 27.4 Å². The third-order valence-corrected chi connectivity index (χ3v) is 5.11. The van der Waals surface area contributed by atoms with Crippen LogP contribution in [0.5, 0.6) is 5.75 Å². The molecule has 1 aromatic heterocycles. The number of carbonyl (C=O) groups is 1. The van der Waals surface area contributed by atoms with E-state index in [1.54, 1.807) is 7.11 Å². The zero-order chi connectivity index (χ0) is 16.2. The Morgan fingerprint density at radius 2 is 2.17 bits per heavy atom. The molecule has 1 fully saturated rings. The molecule has 3 rings (SSSR count). The van der Waals surface area contributed by atoms with Gasteiger partial charge in [-0.15, -0.1) is 11.3 Å². The van der Waals surface area contributed by atoms with Gasteiger partial charge in [0.2, 0.25) is 0 Å². The van der Waals surface area contributed by atoms with Crippen LogP contribution in [0.3, 0.4) is 0 Å². The predicted molar refractivity (Wildman–Crippen MR) is 92.4 cm³/mol. The molecule has 0 aliphatic carbocycles. The van der Waals surface area contributed by atoms with E-state index in [4.69, 9.17) is 9.47 Å². The van der Waals surface area contributed by atoms with Crippen LogP contribution >= 0.6 is 11.3 Å². The number of ether oxygens (including phenoxy) is 2. The zero-order valence-corrected chi connectivity index (χ0v) is 14.2. The number of benzene rings is 1. The van der Waals surface area contributed by atoms with E-state index in [1.807, 2.05) is 37.3 Å². The van der Waals surface area contributed by atoms with Crippen molar-refractivity contribution in [3.63, 3.8) is 0 Å². The lowest BCUT2D eigenvalue weighted by molar-refractivity contribution is 0.0861. The predicted octanol–water partition coefficient (Wildman–Crippen LogP) is 3.64. The molecule has 1 N–H and O–H groups in total. The molecule has 23 heavy (non-hydrogen) atoms. The van der Waals surface area contributed by atoms with Gasteiger partial charge in [0.15, 0.2) is 0 Å². The van der Waals surface area contributed by atoms with Crippen molar-refractivity contribution in [1.82, 2.24) is 5.32 Å². The highest BCUT2D eigenvalue weighted by Gasteiger charge is 2.18. The van der Waals surface area contributed by atoms with Gasteiger partial charge in [0.1, 0.15) is 5.75 Å². The lowest BCUT2D eigenvalue weighted by Crippen LogP contribution is -2.31. The maximum atomic E-state index is 12.3. The Hall–Kier alpha value is -1.85. The monoisotopic (exact) mass is 331 g/mol. The van der Waals surface area contributed by atoms with Gasteiger partial charge in [0.05, 0.1) is 18.1 Å².